The Bertz CT molecular complexity index is 952. The van der Waals surface area contributed by atoms with Gasteiger partial charge in [0.2, 0.25) is 0 Å². The molecule has 1 saturated heterocycles. The average molecular weight is 432 g/mol. The molecule has 0 bridgehead atoms. The molecule has 0 radical (unpaired) electrons. The van der Waals surface area contributed by atoms with Crippen molar-refractivity contribution in [2.75, 3.05) is 44.2 Å². The molecule has 0 aliphatic carbocycles. The number of hydrogen-bond acceptors (Lipinski definition) is 5. The second kappa shape index (κ2) is 8.14. The number of fused-ring (bicyclic) bond motifs is 1. The van der Waals surface area contributed by atoms with Crippen LogP contribution in [-0.4, -0.2) is 66.7 Å². The summed E-state index contributed by atoms with van der Waals surface area (Å²) in [5.41, 5.74) is 1.60. The number of rotatable bonds is 5. The van der Waals surface area contributed by atoms with Gasteiger partial charge in [-0.15, -0.1) is 0 Å². The van der Waals surface area contributed by atoms with Crippen LogP contribution in [0.15, 0.2) is 42.5 Å². The zero-order valence-corrected chi connectivity index (χ0v) is 17.1. The van der Waals surface area contributed by atoms with Crippen LogP contribution in [0.1, 0.15) is 20.7 Å². The van der Waals surface area contributed by atoms with E-state index in [0.29, 0.717) is 47.4 Å². The third-order valence-electron chi connectivity index (χ3n) is 5.26. The van der Waals surface area contributed by atoms with Crippen LogP contribution >= 0.6 is 23.2 Å². The van der Waals surface area contributed by atoms with E-state index in [9.17, 15) is 14.4 Å². The minimum absolute atomic E-state index is 0.159. The fourth-order valence-corrected chi connectivity index (χ4v) is 4.16. The Labute approximate surface area is 178 Å². The monoisotopic (exact) mass is 431 g/mol. The number of benzene rings is 2. The summed E-state index contributed by atoms with van der Waals surface area (Å²) in [6.07, 6.45) is 0. The Hall–Kier alpha value is -2.41. The number of Topliss-reactive ketones (excluding diaryl/α,β-unsaturated/α-hetero) is 1. The van der Waals surface area contributed by atoms with Gasteiger partial charge >= 0.3 is 0 Å². The van der Waals surface area contributed by atoms with Gasteiger partial charge in [-0.25, -0.2) is 0 Å². The van der Waals surface area contributed by atoms with Gasteiger partial charge in [-0.1, -0.05) is 41.4 Å². The van der Waals surface area contributed by atoms with Crippen LogP contribution in [0.25, 0.3) is 0 Å². The second-order valence-corrected chi connectivity index (χ2v) is 7.90. The molecule has 0 aromatic heterocycles. The maximum atomic E-state index is 12.5. The quantitative estimate of drug-likeness (QED) is 0.680. The molecule has 0 unspecified atom stereocenters. The van der Waals surface area contributed by atoms with E-state index in [1.54, 1.807) is 30.3 Å². The predicted molar refractivity (Wildman–Crippen MR) is 112 cm³/mol. The zero-order valence-electron chi connectivity index (χ0n) is 15.6. The van der Waals surface area contributed by atoms with E-state index >= 15 is 0 Å². The number of piperazine rings is 1. The number of carbonyl (C=O) groups excluding carboxylic acids is 3. The highest BCUT2D eigenvalue weighted by Gasteiger charge is 2.36. The molecule has 29 heavy (non-hydrogen) atoms. The number of ketones is 1. The summed E-state index contributed by atoms with van der Waals surface area (Å²) >= 11 is 12.4. The molecule has 1 fully saturated rings. The van der Waals surface area contributed by atoms with Crippen LogP contribution in [0.5, 0.6) is 0 Å². The normalized spacial score (nSPS) is 17.0. The van der Waals surface area contributed by atoms with Gasteiger partial charge in [-0.2, -0.15) is 0 Å². The van der Waals surface area contributed by atoms with Crippen molar-refractivity contribution in [1.82, 2.24) is 9.80 Å². The van der Waals surface area contributed by atoms with Gasteiger partial charge in [-0.05, 0) is 24.3 Å². The number of nitrogens with zero attached hydrogens (tertiary/aromatic N) is 3. The average Bonchev–Trinajstić information content (AvgIpc) is 2.96. The minimum atomic E-state index is -0.403. The third kappa shape index (κ3) is 3.88. The fraction of sp³-hybridized carbons (Fsp3) is 0.286. The number of anilines is 1. The van der Waals surface area contributed by atoms with Gasteiger partial charge in [0.15, 0.2) is 5.78 Å². The highest BCUT2D eigenvalue weighted by molar-refractivity contribution is 6.43. The van der Waals surface area contributed by atoms with E-state index in [4.69, 9.17) is 23.2 Å². The Morgan fingerprint density at radius 2 is 1.45 bits per heavy atom. The Balaban J connectivity index is 1.32. The van der Waals surface area contributed by atoms with Gasteiger partial charge in [0.1, 0.15) is 0 Å². The summed E-state index contributed by atoms with van der Waals surface area (Å²) in [4.78, 5) is 42.5. The molecule has 2 aliphatic heterocycles. The Kier molecular flexibility index (Phi) is 5.58. The van der Waals surface area contributed by atoms with Crippen LogP contribution in [0.3, 0.4) is 0 Å². The molecule has 2 amide bonds. The molecular formula is C21H19Cl2N3O3. The van der Waals surface area contributed by atoms with E-state index in [0.717, 1.165) is 10.6 Å². The predicted octanol–water partition coefficient (Wildman–Crippen LogP) is 2.98. The van der Waals surface area contributed by atoms with Gasteiger partial charge in [-0.3, -0.25) is 24.2 Å². The highest BCUT2D eigenvalue weighted by Crippen LogP contribution is 2.32. The summed E-state index contributed by atoms with van der Waals surface area (Å²) < 4.78 is 0. The van der Waals surface area contributed by atoms with E-state index in [2.05, 4.69) is 4.90 Å². The minimum Gasteiger partial charge on any atom is -0.368 e. The first-order valence-corrected chi connectivity index (χ1v) is 10.1. The van der Waals surface area contributed by atoms with E-state index in [1.807, 2.05) is 17.0 Å². The van der Waals surface area contributed by atoms with E-state index in [-0.39, 0.29) is 18.9 Å². The topological polar surface area (TPSA) is 60.9 Å². The van der Waals surface area contributed by atoms with Gasteiger partial charge < -0.3 is 4.90 Å². The lowest BCUT2D eigenvalue weighted by Gasteiger charge is -2.36. The molecular weight excluding hydrogens is 413 g/mol. The lowest BCUT2D eigenvalue weighted by Crippen LogP contribution is -2.49. The lowest BCUT2D eigenvalue weighted by atomic mass is 10.1. The van der Waals surface area contributed by atoms with Crippen LogP contribution in [0.2, 0.25) is 10.0 Å². The van der Waals surface area contributed by atoms with Crippen molar-refractivity contribution >= 4 is 46.5 Å². The fourth-order valence-electron chi connectivity index (χ4n) is 3.74. The summed E-state index contributed by atoms with van der Waals surface area (Å²) in [5.74, 6) is -0.965. The summed E-state index contributed by atoms with van der Waals surface area (Å²) in [6, 6.07) is 12.2. The molecule has 4 rings (SSSR count). The van der Waals surface area contributed by atoms with Gasteiger partial charge in [0.05, 0.1) is 39.9 Å². The van der Waals surface area contributed by atoms with Crippen molar-refractivity contribution in [2.24, 2.45) is 0 Å². The molecule has 2 aliphatic rings. The molecule has 8 heteroatoms. The third-order valence-corrected chi connectivity index (χ3v) is 6.07. The molecule has 2 heterocycles. The summed E-state index contributed by atoms with van der Waals surface area (Å²) in [5, 5.41) is 1.05. The van der Waals surface area contributed by atoms with Crippen molar-refractivity contribution < 1.29 is 14.4 Å². The van der Waals surface area contributed by atoms with Crippen LogP contribution in [-0.2, 0) is 4.79 Å². The zero-order chi connectivity index (χ0) is 20.5. The van der Waals surface area contributed by atoms with Crippen LogP contribution in [0, 0.1) is 0 Å². The SMILES string of the molecule is O=C(CN1CCN(c2cccc(Cl)c2Cl)CC1)CN1C(=O)c2ccccc2C1=O. The standard InChI is InChI=1S/C21H19Cl2N3O3/c22-17-6-3-7-18(19(17)23)25-10-8-24(9-11-25)12-14(27)13-26-20(28)15-4-1-2-5-16(15)21(26)29/h1-7H,8-13H2. The maximum Gasteiger partial charge on any atom is 0.261 e. The second-order valence-electron chi connectivity index (χ2n) is 7.12. The molecule has 0 atom stereocenters. The van der Waals surface area contributed by atoms with Gasteiger partial charge in [0, 0.05) is 26.2 Å². The van der Waals surface area contributed by atoms with Crippen molar-refractivity contribution in [3.05, 3.63) is 63.6 Å². The summed E-state index contributed by atoms with van der Waals surface area (Å²) in [7, 11) is 0. The van der Waals surface area contributed by atoms with Crippen LogP contribution < -0.4 is 4.90 Å². The maximum absolute atomic E-state index is 12.5. The van der Waals surface area contributed by atoms with Crippen molar-refractivity contribution in [3.8, 4) is 0 Å². The number of halogens is 2. The number of carbonyl (C=O) groups is 3. The molecule has 0 spiro atoms. The summed E-state index contributed by atoms with van der Waals surface area (Å²) in [6.45, 7) is 2.77. The van der Waals surface area contributed by atoms with Crippen molar-refractivity contribution in [3.63, 3.8) is 0 Å². The first-order chi connectivity index (χ1) is 14.0. The Morgan fingerprint density at radius 1 is 0.828 bits per heavy atom. The highest BCUT2D eigenvalue weighted by atomic mass is 35.5. The van der Waals surface area contributed by atoms with Crippen molar-refractivity contribution in [1.29, 1.82) is 0 Å². The van der Waals surface area contributed by atoms with Gasteiger partial charge in [0.25, 0.3) is 11.8 Å². The molecule has 2 aromatic carbocycles. The van der Waals surface area contributed by atoms with Crippen LogP contribution in [0.4, 0.5) is 5.69 Å². The molecule has 150 valence electrons. The van der Waals surface area contributed by atoms with E-state index in [1.165, 1.54) is 0 Å². The molecule has 0 saturated carbocycles. The number of imide groups is 1. The number of hydrogen-bond donors (Lipinski definition) is 0. The molecule has 0 N–H and O–H groups in total. The Morgan fingerprint density at radius 3 is 2.07 bits per heavy atom. The van der Waals surface area contributed by atoms with E-state index < -0.39 is 11.8 Å². The largest absolute Gasteiger partial charge is 0.368 e. The number of amides is 2. The smallest absolute Gasteiger partial charge is 0.261 e. The lowest BCUT2D eigenvalue weighted by molar-refractivity contribution is -0.120. The molecule has 2 aromatic rings. The van der Waals surface area contributed by atoms with Crippen molar-refractivity contribution in [2.45, 2.75) is 0 Å². The first kappa shape index (κ1) is 19.9. The first-order valence-electron chi connectivity index (χ1n) is 9.34. The molecule has 6 nitrogen and oxygen atoms in total.